The quantitative estimate of drug-likeness (QED) is 0.774. The van der Waals surface area contributed by atoms with E-state index < -0.39 is 0 Å². The SMILES string of the molecule is CN(CC1CCCO1)C(CN)C1CCCC1. The Kier molecular flexibility index (Phi) is 4.62. The zero-order valence-electron chi connectivity index (χ0n) is 10.5. The van der Waals surface area contributed by atoms with Gasteiger partial charge in [-0.15, -0.1) is 0 Å². The minimum absolute atomic E-state index is 0.459. The van der Waals surface area contributed by atoms with Crippen molar-refractivity contribution in [3.05, 3.63) is 0 Å². The summed E-state index contributed by atoms with van der Waals surface area (Å²) in [6, 6.07) is 0.576. The van der Waals surface area contributed by atoms with Gasteiger partial charge in [0, 0.05) is 25.7 Å². The van der Waals surface area contributed by atoms with Crippen molar-refractivity contribution in [3.8, 4) is 0 Å². The maximum absolute atomic E-state index is 5.95. The van der Waals surface area contributed by atoms with E-state index >= 15 is 0 Å². The van der Waals surface area contributed by atoms with E-state index in [2.05, 4.69) is 11.9 Å². The molecule has 0 spiro atoms. The summed E-state index contributed by atoms with van der Waals surface area (Å²) in [4.78, 5) is 2.45. The number of nitrogens with two attached hydrogens (primary N) is 1. The minimum Gasteiger partial charge on any atom is -0.377 e. The highest BCUT2D eigenvalue weighted by Crippen LogP contribution is 2.30. The third-order valence-corrected chi connectivity index (χ3v) is 4.27. The molecule has 1 saturated carbocycles. The van der Waals surface area contributed by atoms with Crippen molar-refractivity contribution in [3.63, 3.8) is 0 Å². The zero-order chi connectivity index (χ0) is 11.4. The lowest BCUT2D eigenvalue weighted by Gasteiger charge is -2.33. The molecule has 0 aromatic rings. The van der Waals surface area contributed by atoms with Gasteiger partial charge in [0.1, 0.15) is 0 Å². The van der Waals surface area contributed by atoms with Crippen LogP contribution in [0, 0.1) is 5.92 Å². The second-order valence-electron chi connectivity index (χ2n) is 5.42. The molecule has 2 rings (SSSR count). The number of hydrogen-bond donors (Lipinski definition) is 1. The van der Waals surface area contributed by atoms with Gasteiger partial charge in [-0.3, -0.25) is 4.90 Å². The van der Waals surface area contributed by atoms with Crippen molar-refractivity contribution < 1.29 is 4.74 Å². The molecule has 0 aromatic carbocycles. The molecule has 2 unspecified atom stereocenters. The fraction of sp³-hybridized carbons (Fsp3) is 1.00. The molecule has 0 radical (unpaired) electrons. The van der Waals surface area contributed by atoms with Gasteiger partial charge in [0.2, 0.25) is 0 Å². The Morgan fingerprint density at radius 3 is 2.56 bits per heavy atom. The summed E-state index contributed by atoms with van der Waals surface area (Å²) in [6.07, 6.45) is 8.46. The van der Waals surface area contributed by atoms with E-state index in [-0.39, 0.29) is 0 Å². The highest BCUT2D eigenvalue weighted by Gasteiger charge is 2.29. The summed E-state index contributed by atoms with van der Waals surface area (Å²) in [5, 5.41) is 0. The first-order valence-electron chi connectivity index (χ1n) is 6.83. The standard InChI is InChI=1S/C13H26N2O/c1-15(10-12-7-4-8-16-12)13(9-14)11-5-2-3-6-11/h11-13H,2-10,14H2,1H3. The van der Waals surface area contributed by atoms with Crippen LogP contribution in [0.2, 0.25) is 0 Å². The van der Waals surface area contributed by atoms with Crippen LogP contribution in [0.3, 0.4) is 0 Å². The van der Waals surface area contributed by atoms with E-state index in [4.69, 9.17) is 10.5 Å². The molecule has 1 heterocycles. The molecule has 2 aliphatic rings. The second kappa shape index (κ2) is 5.99. The van der Waals surface area contributed by atoms with Gasteiger partial charge in [0.25, 0.3) is 0 Å². The van der Waals surface area contributed by atoms with Gasteiger partial charge in [-0.25, -0.2) is 0 Å². The number of ether oxygens (including phenoxy) is 1. The molecule has 0 bridgehead atoms. The van der Waals surface area contributed by atoms with Gasteiger partial charge < -0.3 is 10.5 Å². The van der Waals surface area contributed by atoms with Crippen LogP contribution in [0.1, 0.15) is 38.5 Å². The lowest BCUT2D eigenvalue weighted by atomic mass is 9.96. The van der Waals surface area contributed by atoms with E-state index in [0.29, 0.717) is 12.1 Å². The molecule has 3 nitrogen and oxygen atoms in total. The van der Waals surface area contributed by atoms with Crippen molar-refractivity contribution in [2.45, 2.75) is 50.7 Å². The van der Waals surface area contributed by atoms with Crippen molar-refractivity contribution in [2.24, 2.45) is 11.7 Å². The van der Waals surface area contributed by atoms with Gasteiger partial charge in [0.05, 0.1) is 6.10 Å². The number of hydrogen-bond acceptors (Lipinski definition) is 3. The van der Waals surface area contributed by atoms with Crippen molar-refractivity contribution >= 4 is 0 Å². The molecule has 0 amide bonds. The average Bonchev–Trinajstić information content (AvgIpc) is 2.91. The highest BCUT2D eigenvalue weighted by molar-refractivity contribution is 4.84. The summed E-state index contributed by atoms with van der Waals surface area (Å²) in [5.74, 6) is 0.830. The molecule has 2 fully saturated rings. The van der Waals surface area contributed by atoms with Crippen molar-refractivity contribution in [1.29, 1.82) is 0 Å². The topological polar surface area (TPSA) is 38.5 Å². The molecule has 0 aromatic heterocycles. The Morgan fingerprint density at radius 1 is 1.25 bits per heavy atom. The second-order valence-corrected chi connectivity index (χ2v) is 5.42. The van der Waals surface area contributed by atoms with Crippen LogP contribution in [0.4, 0.5) is 0 Å². The minimum atomic E-state index is 0.459. The molecular formula is C13H26N2O. The normalized spacial score (nSPS) is 29.1. The van der Waals surface area contributed by atoms with E-state index in [9.17, 15) is 0 Å². The molecule has 1 aliphatic carbocycles. The van der Waals surface area contributed by atoms with Crippen LogP contribution < -0.4 is 5.73 Å². The van der Waals surface area contributed by atoms with Gasteiger partial charge in [-0.2, -0.15) is 0 Å². The van der Waals surface area contributed by atoms with Crippen LogP contribution in [-0.2, 0) is 4.74 Å². The largest absolute Gasteiger partial charge is 0.377 e. The Morgan fingerprint density at radius 2 is 2.00 bits per heavy atom. The van der Waals surface area contributed by atoms with Crippen LogP contribution in [-0.4, -0.2) is 43.8 Å². The molecule has 3 heteroatoms. The lowest BCUT2D eigenvalue weighted by Crippen LogP contribution is -2.45. The smallest absolute Gasteiger partial charge is 0.0702 e. The number of rotatable bonds is 5. The first-order valence-corrected chi connectivity index (χ1v) is 6.83. The predicted octanol–water partition coefficient (Wildman–Crippen LogP) is 1.61. The molecule has 16 heavy (non-hydrogen) atoms. The molecule has 94 valence electrons. The lowest BCUT2D eigenvalue weighted by molar-refractivity contribution is 0.0584. The van der Waals surface area contributed by atoms with Gasteiger partial charge >= 0.3 is 0 Å². The monoisotopic (exact) mass is 226 g/mol. The van der Waals surface area contributed by atoms with E-state index in [1.54, 1.807) is 0 Å². The average molecular weight is 226 g/mol. The van der Waals surface area contributed by atoms with E-state index in [0.717, 1.165) is 25.6 Å². The van der Waals surface area contributed by atoms with Crippen LogP contribution in [0.15, 0.2) is 0 Å². The summed E-state index contributed by atoms with van der Waals surface area (Å²) < 4.78 is 5.70. The summed E-state index contributed by atoms with van der Waals surface area (Å²) in [5.41, 5.74) is 5.95. The fourth-order valence-corrected chi connectivity index (χ4v) is 3.32. The van der Waals surface area contributed by atoms with Crippen molar-refractivity contribution in [1.82, 2.24) is 4.90 Å². The highest BCUT2D eigenvalue weighted by atomic mass is 16.5. The maximum atomic E-state index is 5.95. The van der Waals surface area contributed by atoms with Crippen LogP contribution in [0.5, 0.6) is 0 Å². The Bertz CT molecular complexity index is 198. The van der Waals surface area contributed by atoms with E-state index in [1.165, 1.54) is 38.5 Å². The predicted molar refractivity (Wildman–Crippen MR) is 66.4 cm³/mol. The summed E-state index contributed by atoms with van der Waals surface area (Å²) in [7, 11) is 2.22. The molecule has 1 saturated heterocycles. The summed E-state index contributed by atoms with van der Waals surface area (Å²) in [6.45, 7) is 2.82. The molecule has 2 N–H and O–H groups in total. The number of likely N-dealkylation sites (N-methyl/N-ethyl adjacent to an activating group) is 1. The Labute approximate surface area is 99.3 Å². The van der Waals surface area contributed by atoms with Gasteiger partial charge in [0.15, 0.2) is 0 Å². The van der Waals surface area contributed by atoms with E-state index in [1.807, 2.05) is 0 Å². The van der Waals surface area contributed by atoms with Gasteiger partial charge in [-0.05, 0) is 38.6 Å². The molecular weight excluding hydrogens is 200 g/mol. The Hall–Kier alpha value is -0.120. The fourth-order valence-electron chi connectivity index (χ4n) is 3.32. The number of nitrogens with zero attached hydrogens (tertiary/aromatic N) is 1. The van der Waals surface area contributed by atoms with Crippen LogP contribution >= 0.6 is 0 Å². The molecule has 2 atom stereocenters. The first kappa shape index (κ1) is 12.3. The maximum Gasteiger partial charge on any atom is 0.0702 e. The molecule has 1 aliphatic heterocycles. The van der Waals surface area contributed by atoms with Crippen LogP contribution in [0.25, 0.3) is 0 Å². The summed E-state index contributed by atoms with van der Waals surface area (Å²) >= 11 is 0. The third-order valence-electron chi connectivity index (χ3n) is 4.27. The van der Waals surface area contributed by atoms with Crippen molar-refractivity contribution in [2.75, 3.05) is 26.7 Å². The Balaban J connectivity index is 1.81. The van der Waals surface area contributed by atoms with Gasteiger partial charge in [-0.1, -0.05) is 12.8 Å². The zero-order valence-corrected chi connectivity index (χ0v) is 10.5. The third kappa shape index (κ3) is 2.96. The first-order chi connectivity index (χ1) is 7.81.